The first-order valence-corrected chi connectivity index (χ1v) is 14.4. The largest absolute Gasteiger partial charge is 0.491 e. The quantitative estimate of drug-likeness (QED) is 0.423. The molecule has 1 N–H and O–H groups in total. The number of anilines is 2. The van der Waals surface area contributed by atoms with Gasteiger partial charge in [0.05, 0.1) is 0 Å². The van der Waals surface area contributed by atoms with Crippen LogP contribution in [0.5, 0.6) is 17.2 Å². The fourth-order valence-corrected chi connectivity index (χ4v) is 6.77. The summed E-state index contributed by atoms with van der Waals surface area (Å²) in [7, 11) is 0. The van der Waals surface area contributed by atoms with Gasteiger partial charge < -0.3 is 34.0 Å². The van der Waals surface area contributed by atoms with Gasteiger partial charge in [0.2, 0.25) is 12.7 Å². The van der Waals surface area contributed by atoms with E-state index in [9.17, 15) is 14.7 Å². The van der Waals surface area contributed by atoms with E-state index in [2.05, 4.69) is 36.1 Å². The van der Waals surface area contributed by atoms with Crippen LogP contribution in [0.25, 0.3) is 11.1 Å². The molecule has 212 valence electrons. The number of hydrogen-bond donors (Lipinski definition) is 1. The predicted molar refractivity (Wildman–Crippen MR) is 154 cm³/mol. The molecule has 7 rings (SSSR count). The number of benzene rings is 3. The maximum absolute atomic E-state index is 14.6. The summed E-state index contributed by atoms with van der Waals surface area (Å²) in [5.41, 5.74) is 4.71. The molecule has 41 heavy (non-hydrogen) atoms. The molecule has 4 aliphatic rings. The molecule has 3 aromatic carbocycles. The summed E-state index contributed by atoms with van der Waals surface area (Å²) < 4.78 is 17.6. The van der Waals surface area contributed by atoms with Crippen LogP contribution < -0.4 is 24.0 Å². The van der Waals surface area contributed by atoms with Gasteiger partial charge in [0, 0.05) is 66.9 Å². The first-order valence-electron chi connectivity index (χ1n) is 14.4. The molecule has 0 radical (unpaired) electrons. The molecule has 9 nitrogen and oxygen atoms in total. The molecular weight excluding hydrogens is 522 g/mol. The third-order valence-electron chi connectivity index (χ3n) is 8.82. The number of amides is 2. The summed E-state index contributed by atoms with van der Waals surface area (Å²) in [6, 6.07) is 18.2. The highest BCUT2D eigenvalue weighted by molar-refractivity contribution is 6.14. The Morgan fingerprint density at radius 3 is 2.39 bits per heavy atom. The fourth-order valence-electron chi connectivity index (χ4n) is 6.77. The summed E-state index contributed by atoms with van der Waals surface area (Å²) in [6.45, 7) is 5.24. The van der Waals surface area contributed by atoms with Crippen molar-refractivity contribution in [3.63, 3.8) is 0 Å². The second-order valence-electron chi connectivity index (χ2n) is 11.0. The Kier molecular flexibility index (Phi) is 6.17. The number of piperazine rings is 1. The van der Waals surface area contributed by atoms with Crippen molar-refractivity contribution in [2.75, 3.05) is 55.9 Å². The van der Waals surface area contributed by atoms with Crippen LogP contribution in [-0.4, -0.2) is 68.1 Å². The molecule has 1 atom stereocenters. The number of carbonyl (C=O) groups is 2. The van der Waals surface area contributed by atoms with Crippen LogP contribution >= 0.6 is 0 Å². The van der Waals surface area contributed by atoms with Gasteiger partial charge in [-0.15, -0.1) is 0 Å². The lowest BCUT2D eigenvalue weighted by atomic mass is 9.74. The SMILES string of the molecule is CCCCCN1C(=O)C2(COc3cc4c(cc32)OCO4)c2c(-c3ccccc3N3CCN(C(=O)O)CC3)cccc21. The summed E-state index contributed by atoms with van der Waals surface area (Å²) >= 11 is 0. The van der Waals surface area contributed by atoms with E-state index in [1.165, 1.54) is 4.90 Å². The van der Waals surface area contributed by atoms with Crippen molar-refractivity contribution < 1.29 is 28.9 Å². The Labute approximate surface area is 238 Å². The summed E-state index contributed by atoms with van der Waals surface area (Å²) in [5, 5.41) is 9.46. The van der Waals surface area contributed by atoms with Crippen molar-refractivity contribution in [3.8, 4) is 28.4 Å². The minimum atomic E-state index is -1.01. The molecule has 1 fully saturated rings. The Morgan fingerprint density at radius 2 is 1.61 bits per heavy atom. The summed E-state index contributed by atoms with van der Waals surface area (Å²) in [4.78, 5) is 31.8. The highest BCUT2D eigenvalue weighted by atomic mass is 16.7. The van der Waals surface area contributed by atoms with E-state index in [1.807, 2.05) is 35.2 Å². The lowest BCUT2D eigenvalue weighted by Gasteiger charge is -2.36. The van der Waals surface area contributed by atoms with Crippen LogP contribution in [-0.2, 0) is 10.2 Å². The number of carboxylic acid groups (broad SMARTS) is 1. The third-order valence-corrected chi connectivity index (χ3v) is 8.82. The first kappa shape index (κ1) is 25.6. The van der Waals surface area contributed by atoms with Gasteiger partial charge in [-0.05, 0) is 30.2 Å². The van der Waals surface area contributed by atoms with E-state index in [4.69, 9.17) is 14.2 Å². The zero-order chi connectivity index (χ0) is 28.1. The second-order valence-corrected chi connectivity index (χ2v) is 11.0. The average Bonchev–Trinajstić information content (AvgIpc) is 3.68. The van der Waals surface area contributed by atoms with E-state index in [0.717, 1.165) is 52.9 Å². The van der Waals surface area contributed by atoms with Crippen LogP contribution in [0.2, 0.25) is 0 Å². The highest BCUT2D eigenvalue weighted by Gasteiger charge is 2.58. The molecule has 4 aliphatic heterocycles. The van der Waals surface area contributed by atoms with Gasteiger partial charge in [0.1, 0.15) is 17.8 Å². The van der Waals surface area contributed by atoms with E-state index in [-0.39, 0.29) is 19.3 Å². The van der Waals surface area contributed by atoms with Crippen molar-refractivity contribution in [1.29, 1.82) is 0 Å². The van der Waals surface area contributed by atoms with Crippen molar-refractivity contribution in [3.05, 3.63) is 65.7 Å². The van der Waals surface area contributed by atoms with E-state index in [0.29, 0.717) is 50.0 Å². The maximum atomic E-state index is 14.6. The number of carbonyl (C=O) groups excluding carboxylic acids is 1. The molecule has 0 bridgehead atoms. The van der Waals surface area contributed by atoms with E-state index >= 15 is 0 Å². The standard InChI is InChI=1S/C32H33N3O6/c1-2-3-6-12-35-25-11-7-9-22(21-8-4-5-10-24(21)33-13-15-34(16-14-33)31(37)38)29(25)32(30(35)36)19-39-26-18-28-27(17-23(26)32)40-20-41-28/h4-5,7-11,17-18H,2-3,6,12-16,19-20H2,1H3,(H,37,38). The number of nitrogens with zero attached hydrogens (tertiary/aromatic N) is 3. The van der Waals surface area contributed by atoms with Crippen LogP contribution in [0.15, 0.2) is 54.6 Å². The summed E-state index contributed by atoms with van der Waals surface area (Å²) in [6.07, 6.45) is 2.14. The highest BCUT2D eigenvalue weighted by Crippen LogP contribution is 2.58. The molecule has 0 aromatic heterocycles. The molecule has 0 aliphatic carbocycles. The minimum Gasteiger partial charge on any atom is -0.491 e. The molecular formula is C32H33N3O6. The second kappa shape index (κ2) is 9.90. The number of ether oxygens (including phenoxy) is 3. The zero-order valence-corrected chi connectivity index (χ0v) is 23.1. The third kappa shape index (κ3) is 3.89. The molecule has 1 unspecified atom stereocenters. The number of fused-ring (bicyclic) bond motifs is 5. The van der Waals surface area contributed by atoms with Gasteiger partial charge in [0.25, 0.3) is 0 Å². The molecule has 4 heterocycles. The van der Waals surface area contributed by atoms with Crippen molar-refractivity contribution in [2.24, 2.45) is 0 Å². The lowest BCUT2D eigenvalue weighted by Crippen LogP contribution is -2.48. The van der Waals surface area contributed by atoms with E-state index in [1.54, 1.807) is 0 Å². The molecule has 2 amide bonds. The Balaban J connectivity index is 1.38. The number of unbranched alkanes of at least 4 members (excludes halogenated alkanes) is 2. The predicted octanol–water partition coefficient (Wildman–Crippen LogP) is 5.10. The molecule has 9 heteroatoms. The van der Waals surface area contributed by atoms with Crippen molar-refractivity contribution in [2.45, 2.75) is 31.6 Å². The van der Waals surface area contributed by atoms with Crippen LogP contribution in [0.3, 0.4) is 0 Å². The lowest BCUT2D eigenvalue weighted by molar-refractivity contribution is -0.122. The van der Waals surface area contributed by atoms with Crippen molar-refractivity contribution in [1.82, 2.24) is 4.90 Å². The van der Waals surface area contributed by atoms with Gasteiger partial charge in [-0.1, -0.05) is 50.1 Å². The number of hydrogen-bond acceptors (Lipinski definition) is 6. The van der Waals surface area contributed by atoms with E-state index < -0.39 is 11.5 Å². The van der Waals surface area contributed by atoms with Gasteiger partial charge in [0.15, 0.2) is 11.5 Å². The molecule has 1 saturated heterocycles. The monoisotopic (exact) mass is 555 g/mol. The van der Waals surface area contributed by atoms with Crippen LogP contribution in [0, 0.1) is 0 Å². The average molecular weight is 556 g/mol. The smallest absolute Gasteiger partial charge is 0.407 e. The van der Waals surface area contributed by atoms with Gasteiger partial charge >= 0.3 is 6.09 Å². The Morgan fingerprint density at radius 1 is 0.878 bits per heavy atom. The van der Waals surface area contributed by atoms with Gasteiger partial charge in [-0.25, -0.2) is 4.79 Å². The summed E-state index contributed by atoms with van der Waals surface area (Å²) in [5.74, 6) is 1.94. The fraction of sp³-hybridized carbons (Fsp3) is 0.375. The Bertz CT molecular complexity index is 1530. The number of para-hydroxylation sites is 1. The number of rotatable bonds is 6. The van der Waals surface area contributed by atoms with Crippen LogP contribution in [0.1, 0.15) is 37.3 Å². The minimum absolute atomic E-state index is 0.0289. The Hall–Kier alpha value is -4.40. The molecule has 3 aromatic rings. The first-order chi connectivity index (χ1) is 20.0. The maximum Gasteiger partial charge on any atom is 0.407 e. The van der Waals surface area contributed by atoms with Crippen molar-refractivity contribution >= 4 is 23.4 Å². The van der Waals surface area contributed by atoms with Gasteiger partial charge in [-0.2, -0.15) is 0 Å². The normalized spacial score (nSPS) is 20.4. The molecule has 1 spiro atoms. The van der Waals surface area contributed by atoms with Crippen LogP contribution in [0.4, 0.5) is 16.2 Å². The zero-order valence-electron chi connectivity index (χ0n) is 23.1. The topological polar surface area (TPSA) is 91.8 Å². The molecule has 0 saturated carbocycles. The van der Waals surface area contributed by atoms with Gasteiger partial charge in [-0.3, -0.25) is 4.79 Å².